The molecule has 108 valence electrons. The molecule has 3 aromatic rings. The molecule has 0 amide bonds. The smallest absolute Gasteiger partial charge is 0.309 e. The van der Waals surface area contributed by atoms with E-state index < -0.39 is 0 Å². The van der Waals surface area contributed by atoms with Crippen molar-refractivity contribution in [3.8, 4) is 0 Å². The van der Waals surface area contributed by atoms with Crippen LogP contribution in [0.5, 0.6) is 0 Å². The van der Waals surface area contributed by atoms with Gasteiger partial charge in [0.25, 0.3) is 0 Å². The number of thiazole rings is 1. The molecule has 0 spiro atoms. The molecule has 1 aromatic heterocycles. The number of benzene rings is 2. The van der Waals surface area contributed by atoms with Gasteiger partial charge in [-0.1, -0.05) is 48.6 Å². The van der Waals surface area contributed by atoms with Crippen molar-refractivity contribution >= 4 is 27.2 Å². The number of nitrogens with one attached hydrogen (secondary N) is 1. The number of para-hydroxylation sites is 2. The van der Waals surface area contributed by atoms with Crippen molar-refractivity contribution in [2.24, 2.45) is 0 Å². The summed E-state index contributed by atoms with van der Waals surface area (Å²) < 4.78 is 2.83. The van der Waals surface area contributed by atoms with Gasteiger partial charge in [0.15, 0.2) is 0 Å². The van der Waals surface area contributed by atoms with E-state index in [0.717, 1.165) is 22.3 Å². The van der Waals surface area contributed by atoms with Crippen LogP contribution >= 0.6 is 11.3 Å². The number of aromatic nitrogens is 1. The SMILES string of the molecule is CCc1cccc(C)c1NCn1c(=O)sc2ccccc21. The highest BCUT2D eigenvalue weighted by atomic mass is 32.1. The Hall–Kier alpha value is -2.07. The fraction of sp³-hybridized carbons (Fsp3) is 0.235. The van der Waals surface area contributed by atoms with E-state index in [9.17, 15) is 4.79 Å². The summed E-state index contributed by atoms with van der Waals surface area (Å²) in [7, 11) is 0. The van der Waals surface area contributed by atoms with Gasteiger partial charge in [0.1, 0.15) is 0 Å². The van der Waals surface area contributed by atoms with Gasteiger partial charge >= 0.3 is 4.87 Å². The minimum atomic E-state index is 0.0790. The van der Waals surface area contributed by atoms with E-state index in [1.807, 2.05) is 24.3 Å². The molecule has 0 aliphatic carbocycles. The fourth-order valence-electron chi connectivity index (χ4n) is 2.60. The number of hydrogen-bond donors (Lipinski definition) is 1. The van der Waals surface area contributed by atoms with Gasteiger partial charge in [0.2, 0.25) is 0 Å². The van der Waals surface area contributed by atoms with E-state index in [2.05, 4.69) is 37.4 Å². The molecule has 0 unspecified atom stereocenters. The lowest BCUT2D eigenvalue weighted by Gasteiger charge is -2.14. The fourth-order valence-corrected chi connectivity index (χ4v) is 3.49. The predicted molar refractivity (Wildman–Crippen MR) is 90.3 cm³/mol. The topological polar surface area (TPSA) is 34.0 Å². The Balaban J connectivity index is 1.94. The van der Waals surface area contributed by atoms with Crippen LogP contribution in [0.2, 0.25) is 0 Å². The molecule has 0 fully saturated rings. The molecule has 0 radical (unpaired) electrons. The zero-order valence-corrected chi connectivity index (χ0v) is 13.0. The number of nitrogens with zero attached hydrogens (tertiary/aromatic N) is 1. The second kappa shape index (κ2) is 5.74. The Kier molecular flexibility index (Phi) is 3.80. The number of hydrogen-bond acceptors (Lipinski definition) is 3. The quantitative estimate of drug-likeness (QED) is 0.790. The molecule has 0 saturated carbocycles. The number of anilines is 1. The highest BCUT2D eigenvalue weighted by Crippen LogP contribution is 2.22. The summed E-state index contributed by atoms with van der Waals surface area (Å²) in [5.41, 5.74) is 4.62. The largest absolute Gasteiger partial charge is 0.367 e. The van der Waals surface area contributed by atoms with E-state index in [4.69, 9.17) is 0 Å². The maximum atomic E-state index is 12.1. The van der Waals surface area contributed by atoms with Crippen molar-refractivity contribution in [2.75, 3.05) is 5.32 Å². The molecular formula is C17H18N2OS. The van der Waals surface area contributed by atoms with Gasteiger partial charge in [0.05, 0.1) is 16.9 Å². The summed E-state index contributed by atoms with van der Waals surface area (Å²) in [6, 6.07) is 14.2. The van der Waals surface area contributed by atoms with Crippen LogP contribution in [0.3, 0.4) is 0 Å². The Morgan fingerprint density at radius 3 is 2.76 bits per heavy atom. The van der Waals surface area contributed by atoms with Gasteiger partial charge in [-0.15, -0.1) is 0 Å². The van der Waals surface area contributed by atoms with E-state index in [-0.39, 0.29) is 4.87 Å². The van der Waals surface area contributed by atoms with Crippen LogP contribution in [0, 0.1) is 6.92 Å². The standard InChI is InChI=1S/C17H18N2OS/c1-3-13-8-6-7-12(2)16(13)18-11-19-14-9-4-5-10-15(14)21-17(19)20/h4-10,18H,3,11H2,1-2H3. The average Bonchev–Trinajstić information content (AvgIpc) is 2.81. The van der Waals surface area contributed by atoms with Gasteiger partial charge in [-0.2, -0.15) is 0 Å². The number of aryl methyl sites for hydroxylation is 2. The molecule has 3 rings (SSSR count). The third kappa shape index (κ3) is 2.59. The molecule has 0 aliphatic heterocycles. The normalized spacial score (nSPS) is 11.0. The third-order valence-electron chi connectivity index (χ3n) is 3.73. The first-order chi connectivity index (χ1) is 10.2. The minimum Gasteiger partial charge on any atom is -0.367 e. The van der Waals surface area contributed by atoms with Gasteiger partial charge < -0.3 is 5.32 Å². The third-order valence-corrected chi connectivity index (χ3v) is 4.69. The summed E-state index contributed by atoms with van der Waals surface area (Å²) in [5, 5.41) is 3.44. The molecule has 0 saturated heterocycles. The van der Waals surface area contributed by atoms with Crippen molar-refractivity contribution in [1.82, 2.24) is 4.57 Å². The van der Waals surface area contributed by atoms with Crippen LogP contribution in [0.4, 0.5) is 5.69 Å². The average molecular weight is 298 g/mol. The van der Waals surface area contributed by atoms with Gasteiger partial charge in [-0.3, -0.25) is 9.36 Å². The van der Waals surface area contributed by atoms with E-state index >= 15 is 0 Å². The second-order valence-corrected chi connectivity index (χ2v) is 6.05. The Bertz CT molecular complexity index is 832. The van der Waals surface area contributed by atoms with Crippen molar-refractivity contribution in [2.45, 2.75) is 26.9 Å². The summed E-state index contributed by atoms with van der Waals surface area (Å²) in [5.74, 6) is 0. The number of fused-ring (bicyclic) bond motifs is 1. The summed E-state index contributed by atoms with van der Waals surface area (Å²) >= 11 is 1.30. The maximum absolute atomic E-state index is 12.1. The zero-order valence-electron chi connectivity index (χ0n) is 12.2. The van der Waals surface area contributed by atoms with Gasteiger partial charge in [-0.25, -0.2) is 0 Å². The molecule has 4 heteroatoms. The van der Waals surface area contributed by atoms with Crippen LogP contribution < -0.4 is 10.2 Å². The van der Waals surface area contributed by atoms with E-state index in [1.54, 1.807) is 4.57 Å². The first-order valence-corrected chi connectivity index (χ1v) is 7.93. The minimum absolute atomic E-state index is 0.0790. The lowest BCUT2D eigenvalue weighted by molar-refractivity contribution is 0.788. The summed E-state index contributed by atoms with van der Waals surface area (Å²) in [6.07, 6.45) is 0.975. The molecule has 21 heavy (non-hydrogen) atoms. The van der Waals surface area contributed by atoms with Crippen LogP contribution in [0.15, 0.2) is 47.3 Å². The number of rotatable bonds is 4. The van der Waals surface area contributed by atoms with Crippen molar-refractivity contribution in [1.29, 1.82) is 0 Å². The Labute approximate surface area is 127 Å². The lowest BCUT2D eigenvalue weighted by Crippen LogP contribution is -2.19. The zero-order chi connectivity index (χ0) is 14.8. The predicted octanol–water partition coefficient (Wildman–Crippen LogP) is 4.00. The molecule has 1 heterocycles. The van der Waals surface area contributed by atoms with Crippen LogP contribution in [-0.2, 0) is 13.1 Å². The molecular weight excluding hydrogens is 280 g/mol. The highest BCUT2D eigenvalue weighted by molar-refractivity contribution is 7.16. The van der Waals surface area contributed by atoms with E-state index in [1.165, 1.54) is 22.5 Å². The first-order valence-electron chi connectivity index (χ1n) is 7.11. The van der Waals surface area contributed by atoms with Crippen LogP contribution in [-0.4, -0.2) is 4.57 Å². The monoisotopic (exact) mass is 298 g/mol. The first kappa shape index (κ1) is 13.9. The van der Waals surface area contributed by atoms with Gasteiger partial charge in [0, 0.05) is 5.69 Å². The van der Waals surface area contributed by atoms with Crippen molar-refractivity contribution in [3.63, 3.8) is 0 Å². The molecule has 0 bridgehead atoms. The second-order valence-electron chi connectivity index (χ2n) is 5.06. The summed E-state index contributed by atoms with van der Waals surface area (Å²) in [4.78, 5) is 12.2. The molecule has 1 N–H and O–H groups in total. The molecule has 2 aromatic carbocycles. The Morgan fingerprint density at radius 2 is 1.95 bits per heavy atom. The van der Waals surface area contributed by atoms with Gasteiger partial charge in [-0.05, 0) is 36.6 Å². The van der Waals surface area contributed by atoms with E-state index in [0.29, 0.717) is 6.67 Å². The van der Waals surface area contributed by atoms with Crippen molar-refractivity contribution < 1.29 is 0 Å². The lowest BCUT2D eigenvalue weighted by atomic mass is 10.1. The molecule has 3 nitrogen and oxygen atoms in total. The highest BCUT2D eigenvalue weighted by Gasteiger charge is 2.08. The Morgan fingerprint density at radius 1 is 1.14 bits per heavy atom. The summed E-state index contributed by atoms with van der Waals surface area (Å²) in [6.45, 7) is 4.74. The molecule has 0 atom stereocenters. The van der Waals surface area contributed by atoms with Crippen LogP contribution in [0.25, 0.3) is 10.2 Å². The molecule has 0 aliphatic rings. The van der Waals surface area contributed by atoms with Crippen LogP contribution in [0.1, 0.15) is 18.1 Å². The maximum Gasteiger partial charge on any atom is 0.309 e. The van der Waals surface area contributed by atoms with Crippen molar-refractivity contribution in [3.05, 3.63) is 63.3 Å².